The molecule has 1 amide bonds. The molecule has 0 aliphatic heterocycles. The van der Waals surface area contributed by atoms with Crippen LogP contribution in [0, 0.1) is 0 Å². The molecule has 0 fully saturated rings. The Morgan fingerprint density at radius 2 is 2.38 bits per heavy atom. The van der Waals surface area contributed by atoms with Crippen LogP contribution in [0.15, 0.2) is 15.2 Å². The molecule has 16 heavy (non-hydrogen) atoms. The Kier molecular flexibility index (Phi) is 6.34. The molecule has 90 valence electrons. The van der Waals surface area contributed by atoms with Gasteiger partial charge in [0.15, 0.2) is 0 Å². The molecule has 0 aliphatic carbocycles. The van der Waals surface area contributed by atoms with Crippen molar-refractivity contribution < 1.29 is 9.53 Å². The number of carbonyl (C=O) groups is 1. The van der Waals surface area contributed by atoms with Crippen molar-refractivity contribution in [2.45, 2.75) is 0 Å². The Bertz CT molecular complexity index is 345. The summed E-state index contributed by atoms with van der Waals surface area (Å²) in [6.07, 6.45) is 0. The van der Waals surface area contributed by atoms with Crippen LogP contribution in [0.3, 0.4) is 0 Å². The van der Waals surface area contributed by atoms with Gasteiger partial charge in [0.2, 0.25) is 0 Å². The van der Waals surface area contributed by atoms with E-state index in [1.165, 1.54) is 11.3 Å². The van der Waals surface area contributed by atoms with E-state index in [4.69, 9.17) is 16.3 Å². The van der Waals surface area contributed by atoms with Gasteiger partial charge >= 0.3 is 0 Å². The molecular formula is C10H13BrClNO2S. The molecule has 0 saturated carbocycles. The average Bonchev–Trinajstić information content (AvgIpc) is 2.70. The molecule has 0 aromatic carbocycles. The second-order valence-corrected chi connectivity index (χ2v) is 5.78. The van der Waals surface area contributed by atoms with E-state index in [1.807, 2.05) is 11.4 Å². The van der Waals surface area contributed by atoms with Gasteiger partial charge in [-0.3, -0.25) is 4.79 Å². The van der Waals surface area contributed by atoms with Gasteiger partial charge in [-0.2, -0.15) is 0 Å². The van der Waals surface area contributed by atoms with E-state index < -0.39 is 0 Å². The van der Waals surface area contributed by atoms with Crippen molar-refractivity contribution in [3.05, 3.63) is 20.8 Å². The normalized spacial score (nSPS) is 10.4. The topological polar surface area (TPSA) is 29.5 Å². The van der Waals surface area contributed by atoms with Crippen LogP contribution in [0.25, 0.3) is 0 Å². The lowest BCUT2D eigenvalue weighted by molar-refractivity contribution is 0.0708. The smallest absolute Gasteiger partial charge is 0.254 e. The first kappa shape index (κ1) is 14.0. The van der Waals surface area contributed by atoms with Gasteiger partial charge in [0.25, 0.3) is 5.91 Å². The van der Waals surface area contributed by atoms with Crippen LogP contribution in [-0.4, -0.2) is 43.5 Å². The quantitative estimate of drug-likeness (QED) is 0.752. The van der Waals surface area contributed by atoms with Crippen LogP contribution in [0.4, 0.5) is 0 Å². The van der Waals surface area contributed by atoms with Crippen LogP contribution in [-0.2, 0) is 4.74 Å². The van der Waals surface area contributed by atoms with Crippen molar-refractivity contribution in [1.82, 2.24) is 4.90 Å². The largest absolute Gasteiger partial charge is 0.383 e. The Morgan fingerprint density at radius 1 is 1.62 bits per heavy atom. The van der Waals surface area contributed by atoms with Crippen LogP contribution in [0.1, 0.15) is 10.4 Å². The van der Waals surface area contributed by atoms with Crippen molar-refractivity contribution in [2.75, 3.05) is 32.7 Å². The number of thiophene rings is 1. The molecule has 0 aliphatic rings. The number of methoxy groups -OCH3 is 1. The molecule has 1 rings (SSSR count). The summed E-state index contributed by atoms with van der Waals surface area (Å²) in [5, 5.41) is 1.83. The number of rotatable bonds is 6. The predicted octanol–water partition coefficient (Wildman–Crippen LogP) is 2.84. The number of ether oxygens (including phenoxy) is 1. The highest BCUT2D eigenvalue weighted by Gasteiger charge is 2.16. The fourth-order valence-electron chi connectivity index (χ4n) is 1.22. The van der Waals surface area contributed by atoms with E-state index in [1.54, 1.807) is 12.0 Å². The van der Waals surface area contributed by atoms with Gasteiger partial charge in [-0.05, 0) is 22.0 Å². The van der Waals surface area contributed by atoms with E-state index >= 15 is 0 Å². The first-order valence-corrected chi connectivity index (χ1v) is 6.98. The minimum atomic E-state index is -0.000324. The molecule has 3 nitrogen and oxygen atoms in total. The summed E-state index contributed by atoms with van der Waals surface area (Å²) in [5.74, 6) is 0.431. The number of carbonyl (C=O) groups excluding carboxylic acids is 1. The molecular weight excluding hydrogens is 314 g/mol. The van der Waals surface area contributed by atoms with Gasteiger partial charge in [-0.15, -0.1) is 22.9 Å². The second-order valence-electron chi connectivity index (χ2n) is 3.11. The minimum absolute atomic E-state index is 0.000324. The highest BCUT2D eigenvalue weighted by molar-refractivity contribution is 9.11. The molecule has 0 unspecified atom stereocenters. The lowest BCUT2D eigenvalue weighted by atomic mass is 10.3. The van der Waals surface area contributed by atoms with E-state index in [9.17, 15) is 4.79 Å². The van der Waals surface area contributed by atoms with E-state index in [0.29, 0.717) is 31.1 Å². The summed E-state index contributed by atoms with van der Waals surface area (Å²) < 4.78 is 5.92. The van der Waals surface area contributed by atoms with Gasteiger partial charge in [0, 0.05) is 31.5 Å². The van der Waals surface area contributed by atoms with Gasteiger partial charge < -0.3 is 9.64 Å². The molecule has 1 heterocycles. The van der Waals surface area contributed by atoms with Crippen molar-refractivity contribution in [1.29, 1.82) is 0 Å². The predicted molar refractivity (Wildman–Crippen MR) is 70.5 cm³/mol. The number of amides is 1. The summed E-state index contributed by atoms with van der Waals surface area (Å²) in [5.41, 5.74) is 0.693. The highest BCUT2D eigenvalue weighted by atomic mass is 79.9. The van der Waals surface area contributed by atoms with E-state index in [2.05, 4.69) is 15.9 Å². The Labute approximate surface area is 112 Å². The zero-order chi connectivity index (χ0) is 12.0. The van der Waals surface area contributed by atoms with Gasteiger partial charge in [0.1, 0.15) is 0 Å². The van der Waals surface area contributed by atoms with Crippen LogP contribution in [0.2, 0.25) is 0 Å². The molecule has 0 N–H and O–H groups in total. The maximum atomic E-state index is 12.1. The Hall–Kier alpha value is -0.100. The lowest BCUT2D eigenvalue weighted by Crippen LogP contribution is -2.35. The molecule has 1 aromatic heterocycles. The Balaban J connectivity index is 2.66. The number of nitrogens with zero attached hydrogens (tertiary/aromatic N) is 1. The van der Waals surface area contributed by atoms with Crippen molar-refractivity contribution in [2.24, 2.45) is 0 Å². The van der Waals surface area contributed by atoms with Gasteiger partial charge in [0.05, 0.1) is 16.0 Å². The van der Waals surface area contributed by atoms with E-state index in [0.717, 1.165) is 3.79 Å². The summed E-state index contributed by atoms with van der Waals surface area (Å²) in [6.45, 7) is 1.63. The summed E-state index contributed by atoms with van der Waals surface area (Å²) in [4.78, 5) is 13.8. The lowest BCUT2D eigenvalue weighted by Gasteiger charge is -2.20. The highest BCUT2D eigenvalue weighted by Crippen LogP contribution is 2.21. The zero-order valence-electron chi connectivity index (χ0n) is 8.91. The van der Waals surface area contributed by atoms with Crippen molar-refractivity contribution >= 4 is 44.8 Å². The first-order valence-electron chi connectivity index (χ1n) is 4.77. The van der Waals surface area contributed by atoms with E-state index in [-0.39, 0.29) is 5.91 Å². The molecule has 0 bridgehead atoms. The molecule has 0 spiro atoms. The monoisotopic (exact) mass is 325 g/mol. The molecule has 0 radical (unpaired) electrons. The number of halogens is 2. The number of alkyl halides is 1. The third-order valence-electron chi connectivity index (χ3n) is 2.02. The zero-order valence-corrected chi connectivity index (χ0v) is 12.1. The van der Waals surface area contributed by atoms with Crippen LogP contribution in [0.5, 0.6) is 0 Å². The third-order valence-corrected chi connectivity index (χ3v) is 3.69. The Morgan fingerprint density at radius 3 is 2.88 bits per heavy atom. The molecule has 1 aromatic rings. The molecule has 6 heteroatoms. The minimum Gasteiger partial charge on any atom is -0.383 e. The maximum absolute atomic E-state index is 12.1. The van der Waals surface area contributed by atoms with Crippen molar-refractivity contribution in [3.63, 3.8) is 0 Å². The SMILES string of the molecule is COCCN(CCCl)C(=O)c1csc(Br)c1. The average molecular weight is 327 g/mol. The standard InChI is InChI=1S/C10H13BrClNO2S/c1-15-5-4-13(3-2-12)10(14)8-6-9(11)16-7-8/h6-7H,2-5H2,1H3. The van der Waals surface area contributed by atoms with Crippen molar-refractivity contribution in [3.8, 4) is 0 Å². The molecule has 0 atom stereocenters. The summed E-state index contributed by atoms with van der Waals surface area (Å²) in [6, 6.07) is 1.82. The maximum Gasteiger partial charge on any atom is 0.254 e. The number of hydrogen-bond donors (Lipinski definition) is 0. The van der Waals surface area contributed by atoms with Gasteiger partial charge in [-0.25, -0.2) is 0 Å². The second kappa shape index (κ2) is 7.27. The summed E-state index contributed by atoms with van der Waals surface area (Å²) in [7, 11) is 1.62. The van der Waals surface area contributed by atoms with Crippen LogP contribution < -0.4 is 0 Å². The first-order chi connectivity index (χ1) is 7.69. The van der Waals surface area contributed by atoms with Crippen LogP contribution >= 0.6 is 38.9 Å². The fourth-order valence-corrected chi connectivity index (χ4v) is 2.56. The number of hydrogen-bond acceptors (Lipinski definition) is 3. The van der Waals surface area contributed by atoms with Gasteiger partial charge in [-0.1, -0.05) is 0 Å². The molecule has 0 saturated heterocycles. The summed E-state index contributed by atoms with van der Waals surface area (Å²) >= 11 is 10.5. The fraction of sp³-hybridized carbons (Fsp3) is 0.500. The third kappa shape index (κ3) is 4.05.